The lowest BCUT2D eigenvalue weighted by molar-refractivity contribution is 0.0988. The molecule has 6 heteroatoms. The van der Waals surface area contributed by atoms with Crippen molar-refractivity contribution in [3.63, 3.8) is 0 Å². The zero-order valence-corrected chi connectivity index (χ0v) is 14.4. The first-order chi connectivity index (χ1) is 10.1. The van der Waals surface area contributed by atoms with Crippen molar-refractivity contribution in [2.24, 2.45) is 0 Å². The van der Waals surface area contributed by atoms with Crippen LogP contribution in [0, 0.1) is 6.92 Å². The van der Waals surface area contributed by atoms with Gasteiger partial charge in [0, 0.05) is 17.9 Å². The topological polar surface area (TPSA) is 59.2 Å². The highest BCUT2D eigenvalue weighted by atomic mass is 35.5. The second kappa shape index (κ2) is 6.67. The number of hydrogen-bond donors (Lipinski definition) is 1. The second-order valence-electron chi connectivity index (χ2n) is 5.28. The summed E-state index contributed by atoms with van der Waals surface area (Å²) in [4.78, 5) is 20.0. The Morgan fingerprint density at radius 1 is 1.45 bits per heavy atom. The van der Waals surface area contributed by atoms with Crippen molar-refractivity contribution in [1.29, 1.82) is 0 Å². The largest absolute Gasteiger partial charge is 0.398 e. The molecule has 0 spiro atoms. The van der Waals surface area contributed by atoms with E-state index in [2.05, 4.69) is 11.9 Å². The molecular formula is C16H20ClN3OS. The molecule has 22 heavy (non-hydrogen) atoms. The maximum absolute atomic E-state index is 12.9. The monoisotopic (exact) mass is 337 g/mol. The van der Waals surface area contributed by atoms with E-state index >= 15 is 0 Å². The summed E-state index contributed by atoms with van der Waals surface area (Å²) in [5, 5.41) is 1.01. The summed E-state index contributed by atoms with van der Waals surface area (Å²) in [6, 6.07) is 5.80. The highest BCUT2D eigenvalue weighted by molar-refractivity contribution is 7.13. The Balaban J connectivity index is 0.00000176. The molecule has 2 heterocycles. The van der Waals surface area contributed by atoms with Crippen molar-refractivity contribution in [2.75, 3.05) is 17.2 Å². The van der Waals surface area contributed by atoms with Gasteiger partial charge in [-0.05, 0) is 43.9 Å². The van der Waals surface area contributed by atoms with Crippen molar-refractivity contribution >= 4 is 41.0 Å². The molecule has 1 aliphatic heterocycles. The molecule has 118 valence electrons. The number of nitrogens with two attached hydrogens (primary N) is 1. The Hall–Kier alpha value is -1.59. The molecule has 1 amide bonds. The van der Waals surface area contributed by atoms with E-state index in [0.29, 0.717) is 0 Å². The molecule has 2 aromatic rings. The average Bonchev–Trinajstić information content (AvgIpc) is 2.88. The Morgan fingerprint density at radius 2 is 2.23 bits per heavy atom. The third kappa shape index (κ3) is 2.83. The fourth-order valence-electron chi connectivity index (χ4n) is 2.79. The van der Waals surface area contributed by atoms with E-state index in [9.17, 15) is 4.79 Å². The minimum atomic E-state index is 0. The van der Waals surface area contributed by atoms with Gasteiger partial charge in [0.15, 0.2) is 0 Å². The molecule has 4 nitrogen and oxygen atoms in total. The van der Waals surface area contributed by atoms with Crippen molar-refractivity contribution in [3.05, 3.63) is 39.3 Å². The van der Waals surface area contributed by atoms with Gasteiger partial charge >= 0.3 is 0 Å². The maximum Gasteiger partial charge on any atom is 0.270 e. The highest BCUT2D eigenvalue weighted by Crippen LogP contribution is 2.33. The molecule has 0 bridgehead atoms. The summed E-state index contributed by atoms with van der Waals surface area (Å²) in [6.45, 7) is 4.71. The summed E-state index contributed by atoms with van der Waals surface area (Å²) >= 11 is 1.51. The Labute approximate surface area is 140 Å². The molecule has 0 saturated heterocycles. The number of rotatable bonds is 2. The van der Waals surface area contributed by atoms with Crippen molar-refractivity contribution in [1.82, 2.24) is 4.98 Å². The van der Waals surface area contributed by atoms with Crippen LogP contribution < -0.4 is 10.6 Å². The Morgan fingerprint density at radius 3 is 2.91 bits per heavy atom. The number of halogens is 1. The summed E-state index contributed by atoms with van der Waals surface area (Å²) in [6.07, 6.45) is 2.75. The SMILES string of the molecule is CCc1nc(C)c(C(=O)N2CCCc3c(N)cccc32)s1.Cl. The van der Waals surface area contributed by atoms with Gasteiger partial charge in [0.25, 0.3) is 5.91 Å². The maximum atomic E-state index is 12.9. The second-order valence-corrected chi connectivity index (χ2v) is 6.36. The molecule has 0 saturated carbocycles. The van der Waals surface area contributed by atoms with Gasteiger partial charge in [0.2, 0.25) is 0 Å². The number of carbonyl (C=O) groups excluding carboxylic acids is 1. The van der Waals surface area contributed by atoms with Crippen LogP contribution in [0.3, 0.4) is 0 Å². The van der Waals surface area contributed by atoms with Gasteiger partial charge < -0.3 is 10.6 Å². The lowest BCUT2D eigenvalue weighted by atomic mass is 9.99. The third-order valence-corrected chi connectivity index (χ3v) is 5.16. The van der Waals surface area contributed by atoms with E-state index in [-0.39, 0.29) is 18.3 Å². The highest BCUT2D eigenvalue weighted by Gasteiger charge is 2.27. The third-order valence-electron chi connectivity index (χ3n) is 3.87. The van der Waals surface area contributed by atoms with E-state index < -0.39 is 0 Å². The van der Waals surface area contributed by atoms with Crippen LogP contribution in [-0.4, -0.2) is 17.4 Å². The summed E-state index contributed by atoms with van der Waals surface area (Å²) in [5.41, 5.74) is 9.71. The minimum absolute atomic E-state index is 0. The summed E-state index contributed by atoms with van der Waals surface area (Å²) < 4.78 is 0. The number of benzene rings is 1. The van der Waals surface area contributed by atoms with Crippen molar-refractivity contribution in [3.8, 4) is 0 Å². The number of aromatic nitrogens is 1. The fraction of sp³-hybridized carbons (Fsp3) is 0.375. The van der Waals surface area contributed by atoms with Crippen LogP contribution >= 0.6 is 23.7 Å². The average molecular weight is 338 g/mol. The van der Waals surface area contributed by atoms with Crippen molar-refractivity contribution < 1.29 is 4.79 Å². The standard InChI is InChI=1S/C16H19N3OS.ClH/c1-3-14-18-10(2)15(21-14)16(20)19-9-5-6-11-12(17)7-4-8-13(11)19;/h4,7-8H,3,5-6,9,17H2,1-2H3;1H. The van der Waals surface area contributed by atoms with Gasteiger partial charge in [-0.3, -0.25) is 4.79 Å². The molecule has 2 N–H and O–H groups in total. The Bertz CT molecular complexity index is 699. The number of amides is 1. The molecule has 0 aliphatic carbocycles. The fourth-order valence-corrected chi connectivity index (χ4v) is 3.74. The van der Waals surface area contributed by atoms with E-state index in [1.54, 1.807) is 0 Å². The number of nitrogen functional groups attached to an aromatic ring is 1. The first kappa shape index (κ1) is 16.8. The van der Waals surface area contributed by atoms with E-state index in [4.69, 9.17) is 5.73 Å². The first-order valence-electron chi connectivity index (χ1n) is 7.27. The van der Waals surface area contributed by atoms with Crippen molar-refractivity contribution in [2.45, 2.75) is 33.1 Å². The number of hydrogen-bond acceptors (Lipinski definition) is 4. The molecule has 0 fully saturated rings. The van der Waals surface area contributed by atoms with Crippen LogP contribution in [0.5, 0.6) is 0 Å². The molecular weight excluding hydrogens is 318 g/mol. The van der Waals surface area contributed by atoms with Gasteiger partial charge in [0.1, 0.15) is 4.88 Å². The molecule has 1 aliphatic rings. The van der Waals surface area contributed by atoms with Crippen LogP contribution in [0.25, 0.3) is 0 Å². The van der Waals surface area contributed by atoms with E-state index in [0.717, 1.165) is 58.3 Å². The predicted octanol–water partition coefficient (Wildman–Crippen LogP) is 3.61. The smallest absolute Gasteiger partial charge is 0.270 e. The molecule has 0 radical (unpaired) electrons. The number of fused-ring (bicyclic) bond motifs is 1. The molecule has 0 atom stereocenters. The van der Waals surface area contributed by atoms with Crippen LogP contribution in [0.15, 0.2) is 18.2 Å². The zero-order valence-electron chi connectivity index (χ0n) is 12.8. The van der Waals surface area contributed by atoms with E-state index in [1.165, 1.54) is 11.3 Å². The summed E-state index contributed by atoms with van der Waals surface area (Å²) in [5.74, 6) is 0.0521. The van der Waals surface area contributed by atoms with Gasteiger partial charge in [-0.2, -0.15) is 0 Å². The minimum Gasteiger partial charge on any atom is -0.398 e. The van der Waals surface area contributed by atoms with Crippen LogP contribution in [0.2, 0.25) is 0 Å². The quantitative estimate of drug-likeness (QED) is 0.851. The van der Waals surface area contributed by atoms with Gasteiger partial charge in [0.05, 0.1) is 10.7 Å². The lowest BCUT2D eigenvalue weighted by Gasteiger charge is -2.30. The van der Waals surface area contributed by atoms with Gasteiger partial charge in [-0.1, -0.05) is 13.0 Å². The van der Waals surface area contributed by atoms with Crippen LogP contribution in [0.1, 0.15) is 39.3 Å². The predicted molar refractivity (Wildman–Crippen MR) is 94.3 cm³/mol. The number of thiazole rings is 1. The molecule has 1 aromatic heterocycles. The first-order valence-corrected chi connectivity index (χ1v) is 8.09. The number of anilines is 2. The normalized spacial score (nSPS) is 13.5. The van der Waals surface area contributed by atoms with E-state index in [1.807, 2.05) is 30.0 Å². The van der Waals surface area contributed by atoms with Crippen LogP contribution in [-0.2, 0) is 12.8 Å². The zero-order chi connectivity index (χ0) is 15.0. The van der Waals surface area contributed by atoms with Gasteiger partial charge in [-0.25, -0.2) is 4.98 Å². The Kier molecular flexibility index (Phi) is 5.08. The molecule has 1 aromatic carbocycles. The molecule has 0 unspecified atom stereocenters. The molecule has 3 rings (SSSR count). The lowest BCUT2D eigenvalue weighted by Crippen LogP contribution is -2.35. The van der Waals surface area contributed by atoms with Crippen LogP contribution in [0.4, 0.5) is 11.4 Å². The van der Waals surface area contributed by atoms with Gasteiger partial charge in [-0.15, -0.1) is 23.7 Å². The number of carbonyl (C=O) groups is 1. The number of aryl methyl sites for hydroxylation is 2. The summed E-state index contributed by atoms with van der Waals surface area (Å²) in [7, 11) is 0. The number of nitrogens with zero attached hydrogens (tertiary/aromatic N) is 2.